The van der Waals surface area contributed by atoms with Crippen LogP contribution in [0, 0.1) is 0 Å². The zero-order valence-corrected chi connectivity index (χ0v) is 13.4. The molecule has 0 bridgehead atoms. The summed E-state index contributed by atoms with van der Waals surface area (Å²) in [7, 11) is 0. The van der Waals surface area contributed by atoms with Gasteiger partial charge >= 0.3 is 0 Å². The van der Waals surface area contributed by atoms with Crippen LogP contribution in [-0.4, -0.2) is 16.7 Å². The molecule has 122 valence electrons. The lowest BCUT2D eigenvalue weighted by Gasteiger charge is -2.04. The summed E-state index contributed by atoms with van der Waals surface area (Å²) in [5, 5.41) is 9.78. The van der Waals surface area contributed by atoms with Crippen LogP contribution in [0.4, 0.5) is 0 Å². The molecule has 0 saturated carbocycles. The van der Waals surface area contributed by atoms with Gasteiger partial charge in [-0.05, 0) is 23.8 Å². The summed E-state index contributed by atoms with van der Waals surface area (Å²) in [6, 6.07) is 22.4. The van der Waals surface area contributed by atoms with Gasteiger partial charge in [-0.25, -0.2) is 0 Å². The first-order valence-electron chi connectivity index (χ1n) is 7.85. The molecule has 0 unspecified atom stereocenters. The number of ketones is 2. The van der Waals surface area contributed by atoms with Crippen molar-refractivity contribution < 1.29 is 14.7 Å². The van der Waals surface area contributed by atoms with E-state index < -0.39 is 0 Å². The van der Waals surface area contributed by atoms with Crippen LogP contribution in [0.1, 0.15) is 31.8 Å². The smallest absolute Gasteiger partial charge is 0.196 e. The average Bonchev–Trinajstić information content (AvgIpc) is 2.67. The van der Waals surface area contributed by atoms with Crippen molar-refractivity contribution in [2.24, 2.45) is 0 Å². The van der Waals surface area contributed by atoms with Gasteiger partial charge in [-0.2, -0.15) is 0 Å². The molecule has 3 aromatic carbocycles. The number of phenols is 1. The largest absolute Gasteiger partial charge is 0.507 e. The molecule has 3 rings (SSSR count). The Labute approximate surface area is 145 Å². The highest BCUT2D eigenvalue weighted by molar-refractivity contribution is 6.10. The van der Waals surface area contributed by atoms with Crippen LogP contribution >= 0.6 is 0 Å². The van der Waals surface area contributed by atoms with Gasteiger partial charge in [0.25, 0.3) is 0 Å². The molecule has 0 atom stereocenters. The SMILES string of the molecule is O=C(/C=C/c1ccc(C(=O)c2ccccc2O)cc1)c1ccccc1. The Morgan fingerprint density at radius 3 is 2.04 bits per heavy atom. The van der Waals surface area contributed by atoms with Gasteiger partial charge in [-0.3, -0.25) is 9.59 Å². The van der Waals surface area contributed by atoms with E-state index >= 15 is 0 Å². The van der Waals surface area contributed by atoms with E-state index in [0.717, 1.165) is 5.56 Å². The van der Waals surface area contributed by atoms with Crippen molar-refractivity contribution in [3.63, 3.8) is 0 Å². The fourth-order valence-corrected chi connectivity index (χ4v) is 2.44. The van der Waals surface area contributed by atoms with Crippen LogP contribution in [0.25, 0.3) is 6.08 Å². The second-order valence-corrected chi connectivity index (χ2v) is 5.53. The van der Waals surface area contributed by atoms with Gasteiger partial charge in [0.2, 0.25) is 0 Å². The Hall–Kier alpha value is -3.46. The Kier molecular flexibility index (Phi) is 4.86. The van der Waals surface area contributed by atoms with Gasteiger partial charge in [0.05, 0.1) is 5.56 Å². The Morgan fingerprint density at radius 2 is 1.36 bits per heavy atom. The molecule has 0 aliphatic heterocycles. The topological polar surface area (TPSA) is 54.4 Å². The maximum absolute atomic E-state index is 12.4. The van der Waals surface area contributed by atoms with Gasteiger partial charge in [0.1, 0.15) is 5.75 Å². The van der Waals surface area contributed by atoms with E-state index in [4.69, 9.17) is 0 Å². The van der Waals surface area contributed by atoms with Crippen LogP contribution < -0.4 is 0 Å². The van der Waals surface area contributed by atoms with Crippen LogP contribution in [0.5, 0.6) is 5.75 Å². The first-order chi connectivity index (χ1) is 12.1. The van der Waals surface area contributed by atoms with Crippen molar-refractivity contribution in [2.75, 3.05) is 0 Å². The number of aromatic hydroxyl groups is 1. The molecule has 0 fully saturated rings. The van der Waals surface area contributed by atoms with E-state index in [1.165, 1.54) is 12.1 Å². The highest BCUT2D eigenvalue weighted by Gasteiger charge is 2.12. The van der Waals surface area contributed by atoms with Crippen molar-refractivity contribution in [1.82, 2.24) is 0 Å². The molecule has 0 amide bonds. The summed E-state index contributed by atoms with van der Waals surface area (Å²) in [4.78, 5) is 24.4. The third-order valence-corrected chi connectivity index (χ3v) is 3.81. The van der Waals surface area contributed by atoms with Gasteiger partial charge in [0.15, 0.2) is 11.6 Å². The quantitative estimate of drug-likeness (QED) is 0.553. The molecule has 0 saturated heterocycles. The first-order valence-corrected chi connectivity index (χ1v) is 7.85. The predicted octanol–water partition coefficient (Wildman–Crippen LogP) is 4.52. The number of carbonyl (C=O) groups is 2. The Bertz CT molecular complexity index is 923. The second kappa shape index (κ2) is 7.41. The number of allylic oxidation sites excluding steroid dienone is 1. The summed E-state index contributed by atoms with van der Waals surface area (Å²) in [5.41, 5.74) is 2.20. The monoisotopic (exact) mass is 328 g/mol. The lowest BCUT2D eigenvalue weighted by Crippen LogP contribution is -2.01. The van der Waals surface area contributed by atoms with Crippen LogP contribution in [0.15, 0.2) is 84.9 Å². The zero-order valence-electron chi connectivity index (χ0n) is 13.4. The van der Waals surface area contributed by atoms with E-state index in [2.05, 4.69) is 0 Å². The minimum atomic E-state index is -0.242. The fourth-order valence-electron chi connectivity index (χ4n) is 2.44. The number of para-hydroxylation sites is 1. The molecular weight excluding hydrogens is 312 g/mol. The molecule has 0 spiro atoms. The number of rotatable bonds is 5. The fraction of sp³-hybridized carbons (Fsp3) is 0. The molecule has 0 aliphatic rings. The molecule has 3 heteroatoms. The molecule has 1 N–H and O–H groups in total. The predicted molar refractivity (Wildman–Crippen MR) is 97.8 cm³/mol. The van der Waals surface area contributed by atoms with E-state index in [1.54, 1.807) is 60.7 Å². The highest BCUT2D eigenvalue weighted by atomic mass is 16.3. The Morgan fingerprint density at radius 1 is 0.720 bits per heavy atom. The Balaban J connectivity index is 1.74. The minimum Gasteiger partial charge on any atom is -0.507 e. The van der Waals surface area contributed by atoms with Crippen LogP contribution in [-0.2, 0) is 0 Å². The van der Waals surface area contributed by atoms with Gasteiger partial charge in [0, 0.05) is 11.1 Å². The summed E-state index contributed by atoms with van der Waals surface area (Å²) in [6.45, 7) is 0. The number of benzene rings is 3. The standard InChI is InChI=1S/C22H16O3/c23-20(17-6-2-1-3-7-17)15-12-16-10-13-18(14-11-16)22(25)19-8-4-5-9-21(19)24/h1-15,24H/b15-12+. The van der Waals surface area contributed by atoms with Gasteiger partial charge in [-0.15, -0.1) is 0 Å². The molecule has 0 aromatic heterocycles. The van der Waals surface area contributed by atoms with Gasteiger partial charge < -0.3 is 5.11 Å². The lowest BCUT2D eigenvalue weighted by molar-refractivity contribution is 0.103. The summed E-state index contributed by atoms with van der Waals surface area (Å²) in [5.74, 6) is -0.353. The van der Waals surface area contributed by atoms with Crippen molar-refractivity contribution in [3.05, 3.63) is 107 Å². The van der Waals surface area contributed by atoms with E-state index in [1.807, 2.05) is 18.2 Å². The number of hydrogen-bond acceptors (Lipinski definition) is 3. The third kappa shape index (κ3) is 3.90. The summed E-state index contributed by atoms with van der Waals surface area (Å²) < 4.78 is 0. The molecule has 0 radical (unpaired) electrons. The van der Waals surface area contributed by atoms with Crippen molar-refractivity contribution in [2.45, 2.75) is 0 Å². The third-order valence-electron chi connectivity index (χ3n) is 3.81. The van der Waals surface area contributed by atoms with E-state index in [9.17, 15) is 14.7 Å². The van der Waals surface area contributed by atoms with E-state index in [0.29, 0.717) is 11.1 Å². The van der Waals surface area contributed by atoms with Gasteiger partial charge in [-0.1, -0.05) is 72.8 Å². The lowest BCUT2D eigenvalue weighted by atomic mass is 10.0. The molecule has 3 nitrogen and oxygen atoms in total. The normalized spacial score (nSPS) is 10.7. The number of phenolic OH excluding ortho intramolecular Hbond substituents is 1. The maximum Gasteiger partial charge on any atom is 0.196 e. The van der Waals surface area contributed by atoms with Crippen molar-refractivity contribution in [3.8, 4) is 5.75 Å². The molecule has 3 aromatic rings. The first kappa shape index (κ1) is 16.4. The second-order valence-electron chi connectivity index (χ2n) is 5.53. The summed E-state index contributed by atoms with van der Waals surface area (Å²) in [6.07, 6.45) is 3.22. The molecule has 0 heterocycles. The maximum atomic E-state index is 12.4. The molecule has 0 aliphatic carbocycles. The van der Waals surface area contributed by atoms with E-state index in [-0.39, 0.29) is 22.9 Å². The minimum absolute atomic E-state index is 0.0371. The average molecular weight is 328 g/mol. The molecule has 25 heavy (non-hydrogen) atoms. The van der Waals surface area contributed by atoms with Crippen LogP contribution in [0.3, 0.4) is 0 Å². The number of hydrogen-bond donors (Lipinski definition) is 1. The molecular formula is C22H16O3. The van der Waals surface area contributed by atoms with Crippen molar-refractivity contribution >= 4 is 17.6 Å². The van der Waals surface area contributed by atoms with Crippen LogP contribution in [0.2, 0.25) is 0 Å². The zero-order chi connectivity index (χ0) is 17.6. The van der Waals surface area contributed by atoms with Crippen molar-refractivity contribution in [1.29, 1.82) is 0 Å². The summed E-state index contributed by atoms with van der Waals surface area (Å²) >= 11 is 0. The highest BCUT2D eigenvalue weighted by Crippen LogP contribution is 2.20. The number of carbonyl (C=O) groups excluding carboxylic acids is 2.